The molecule has 0 N–H and O–H groups in total. The Bertz CT molecular complexity index is 1380. The summed E-state index contributed by atoms with van der Waals surface area (Å²) in [7, 11) is -2.37. The minimum atomic E-state index is -2.37. The minimum absolute atomic E-state index is 0.101. The van der Waals surface area contributed by atoms with Gasteiger partial charge in [0, 0.05) is 13.1 Å². The Kier molecular flexibility index (Phi) is 9.85. The number of esters is 1. The van der Waals surface area contributed by atoms with E-state index in [0.29, 0.717) is 36.4 Å². The van der Waals surface area contributed by atoms with Crippen LogP contribution in [0.3, 0.4) is 0 Å². The average Bonchev–Trinajstić information content (AvgIpc) is 3.08. The van der Waals surface area contributed by atoms with Crippen molar-refractivity contribution in [1.29, 1.82) is 0 Å². The topological polar surface area (TPSA) is 94.6 Å². The minimum Gasteiger partial charge on any atom is -0.491 e. The molecule has 44 heavy (non-hydrogen) atoms. The lowest BCUT2D eigenvalue weighted by Gasteiger charge is -2.47. The second-order valence-corrected chi connectivity index (χ2v) is 18.9. The van der Waals surface area contributed by atoms with Crippen molar-refractivity contribution in [3.8, 4) is 5.75 Å². The van der Waals surface area contributed by atoms with Crippen molar-refractivity contribution in [2.75, 3.05) is 26.3 Å². The normalized spacial score (nSPS) is 18.0. The third-order valence-electron chi connectivity index (χ3n) is 8.63. The maximum absolute atomic E-state index is 14.0. The Labute approximate surface area is 262 Å². The van der Waals surface area contributed by atoms with Gasteiger partial charge in [0.15, 0.2) is 8.32 Å². The second kappa shape index (κ2) is 12.9. The Morgan fingerprint density at radius 3 is 2.36 bits per heavy atom. The van der Waals surface area contributed by atoms with Crippen LogP contribution in [0.2, 0.25) is 18.1 Å². The fourth-order valence-electron chi connectivity index (χ4n) is 5.28. The van der Waals surface area contributed by atoms with Gasteiger partial charge in [-0.25, -0.2) is 9.59 Å². The van der Waals surface area contributed by atoms with Gasteiger partial charge in [-0.15, -0.1) is 0 Å². The molecule has 2 unspecified atom stereocenters. The van der Waals surface area contributed by atoms with Gasteiger partial charge in [0.05, 0.1) is 36.4 Å². The van der Waals surface area contributed by atoms with Crippen LogP contribution in [-0.4, -0.2) is 80.1 Å². The first-order valence-corrected chi connectivity index (χ1v) is 18.4. The molecule has 2 heterocycles. The van der Waals surface area contributed by atoms with Crippen molar-refractivity contribution < 1.29 is 33.0 Å². The van der Waals surface area contributed by atoms with Crippen LogP contribution < -0.4 is 4.74 Å². The van der Waals surface area contributed by atoms with E-state index >= 15 is 0 Å². The lowest BCUT2D eigenvalue weighted by Crippen LogP contribution is -2.59. The smallest absolute Gasteiger partial charge is 0.410 e. The van der Waals surface area contributed by atoms with Crippen molar-refractivity contribution in [3.63, 3.8) is 0 Å². The zero-order chi connectivity index (χ0) is 32.4. The van der Waals surface area contributed by atoms with E-state index < -0.39 is 32.1 Å². The first kappa shape index (κ1) is 33.5. The van der Waals surface area contributed by atoms with Gasteiger partial charge in [0.2, 0.25) is 0 Å². The van der Waals surface area contributed by atoms with Crippen LogP contribution in [0.15, 0.2) is 42.5 Å². The van der Waals surface area contributed by atoms with E-state index in [1.807, 2.05) is 39.0 Å². The van der Waals surface area contributed by atoms with Crippen LogP contribution in [0.5, 0.6) is 5.75 Å². The van der Waals surface area contributed by atoms with Gasteiger partial charge in [-0.05, 0) is 81.6 Å². The molecule has 2 amide bonds. The lowest BCUT2D eigenvalue weighted by molar-refractivity contribution is -0.0150. The number of rotatable bonds is 7. The fraction of sp³-hybridized carbons (Fsp3) is 0.559. The second-order valence-electron chi connectivity index (χ2n) is 14.1. The SMILES string of the molecule is CCOC(=O)c1ccc2c(c1)OCCN(CC(O[Si](C)(C)C(C)(C)C)C1Cc3ccccc3CN1C(=O)OC(C)(C)C)C2=O. The summed E-state index contributed by atoms with van der Waals surface area (Å²) in [6, 6.07) is 12.6. The van der Waals surface area contributed by atoms with Gasteiger partial charge >= 0.3 is 12.1 Å². The highest BCUT2D eigenvalue weighted by atomic mass is 28.4. The molecule has 9 nitrogen and oxygen atoms in total. The summed E-state index contributed by atoms with van der Waals surface area (Å²) in [4.78, 5) is 43.6. The van der Waals surface area contributed by atoms with Crippen molar-refractivity contribution >= 4 is 26.3 Å². The highest BCUT2D eigenvalue weighted by molar-refractivity contribution is 6.74. The Morgan fingerprint density at radius 2 is 1.73 bits per heavy atom. The third-order valence-corrected chi connectivity index (χ3v) is 13.1. The molecule has 0 bridgehead atoms. The summed E-state index contributed by atoms with van der Waals surface area (Å²) in [5.74, 6) is -0.321. The standard InChI is InChI=1S/C34H48N2O7Si/c1-10-40-31(38)24-15-16-26-28(20-24)41-18-17-35(30(26)37)22-29(43-44(8,9)34(5,6)7)27-19-23-13-11-12-14-25(23)21-36(27)32(39)42-33(2,3)4/h11-16,20,27,29H,10,17-19,21-22H2,1-9H3. The molecule has 2 aliphatic rings. The number of hydrogen-bond donors (Lipinski definition) is 0. The van der Waals surface area contributed by atoms with Crippen LogP contribution >= 0.6 is 0 Å². The molecule has 0 saturated carbocycles. The monoisotopic (exact) mass is 624 g/mol. The number of hydrogen-bond acceptors (Lipinski definition) is 7. The number of amides is 2. The van der Waals surface area contributed by atoms with Gasteiger partial charge in [0.25, 0.3) is 5.91 Å². The van der Waals surface area contributed by atoms with E-state index in [9.17, 15) is 14.4 Å². The maximum Gasteiger partial charge on any atom is 0.410 e. The molecule has 10 heteroatoms. The maximum atomic E-state index is 14.0. The predicted molar refractivity (Wildman–Crippen MR) is 172 cm³/mol. The first-order chi connectivity index (χ1) is 20.5. The van der Waals surface area contributed by atoms with Crippen molar-refractivity contribution in [2.24, 2.45) is 0 Å². The molecular weight excluding hydrogens is 576 g/mol. The highest BCUT2D eigenvalue weighted by Gasteiger charge is 2.45. The van der Waals surface area contributed by atoms with E-state index in [2.05, 4.69) is 39.9 Å². The quantitative estimate of drug-likeness (QED) is 0.258. The Hall–Kier alpha value is -3.37. The molecule has 0 radical (unpaired) electrons. The van der Waals surface area contributed by atoms with Gasteiger partial charge in [-0.2, -0.15) is 0 Å². The summed E-state index contributed by atoms with van der Waals surface area (Å²) in [5.41, 5.74) is 2.27. The summed E-state index contributed by atoms with van der Waals surface area (Å²) >= 11 is 0. The third kappa shape index (κ3) is 7.64. The highest BCUT2D eigenvalue weighted by Crippen LogP contribution is 2.39. The van der Waals surface area contributed by atoms with E-state index in [1.165, 1.54) is 0 Å². The fourth-order valence-corrected chi connectivity index (χ4v) is 6.62. The van der Waals surface area contributed by atoms with Gasteiger partial charge in [-0.1, -0.05) is 45.0 Å². The summed E-state index contributed by atoms with van der Waals surface area (Å²) in [6.45, 7) is 19.7. The largest absolute Gasteiger partial charge is 0.491 e. The molecule has 240 valence electrons. The Morgan fingerprint density at radius 1 is 1.05 bits per heavy atom. The number of ether oxygens (including phenoxy) is 3. The van der Waals surface area contributed by atoms with Crippen LogP contribution in [-0.2, 0) is 26.9 Å². The van der Waals surface area contributed by atoms with Gasteiger partial charge in [-0.3, -0.25) is 9.69 Å². The molecule has 2 atom stereocenters. The van der Waals surface area contributed by atoms with E-state index in [1.54, 1.807) is 34.9 Å². The van der Waals surface area contributed by atoms with Crippen molar-refractivity contribution in [1.82, 2.24) is 9.80 Å². The first-order valence-electron chi connectivity index (χ1n) is 15.5. The van der Waals surface area contributed by atoms with Crippen LogP contribution in [0.1, 0.15) is 80.3 Å². The van der Waals surface area contributed by atoms with Crippen molar-refractivity contribution in [3.05, 3.63) is 64.7 Å². The summed E-state index contributed by atoms with van der Waals surface area (Å²) in [6.07, 6.45) is -0.309. The molecule has 4 rings (SSSR count). The Balaban J connectivity index is 1.72. The molecule has 0 spiro atoms. The van der Waals surface area contributed by atoms with Crippen LogP contribution in [0.4, 0.5) is 4.79 Å². The summed E-state index contributed by atoms with van der Waals surface area (Å²) in [5, 5.41) is -0.101. The van der Waals surface area contributed by atoms with Crippen molar-refractivity contribution in [2.45, 2.75) is 97.3 Å². The van der Waals surface area contributed by atoms with Gasteiger partial charge in [0.1, 0.15) is 18.0 Å². The number of carbonyl (C=O) groups excluding carboxylic acids is 3. The molecule has 2 aliphatic heterocycles. The van der Waals surface area contributed by atoms with E-state index in [4.69, 9.17) is 18.6 Å². The number of benzene rings is 2. The average molecular weight is 625 g/mol. The molecule has 2 aromatic carbocycles. The van der Waals surface area contributed by atoms with Crippen LogP contribution in [0.25, 0.3) is 0 Å². The van der Waals surface area contributed by atoms with E-state index in [0.717, 1.165) is 11.1 Å². The predicted octanol–water partition coefficient (Wildman–Crippen LogP) is 6.45. The molecule has 0 aromatic heterocycles. The number of nitrogens with zero attached hydrogens (tertiary/aromatic N) is 2. The molecule has 2 aromatic rings. The van der Waals surface area contributed by atoms with Crippen LogP contribution in [0, 0.1) is 0 Å². The van der Waals surface area contributed by atoms with Gasteiger partial charge < -0.3 is 23.5 Å². The number of carbonyl (C=O) groups is 3. The molecular formula is C34H48N2O7Si. The molecule has 0 aliphatic carbocycles. The zero-order valence-corrected chi connectivity index (χ0v) is 28.7. The molecule has 0 fully saturated rings. The molecule has 0 saturated heterocycles. The lowest BCUT2D eigenvalue weighted by atomic mass is 9.91. The van der Waals surface area contributed by atoms with E-state index in [-0.39, 0.29) is 36.7 Å². The zero-order valence-electron chi connectivity index (χ0n) is 27.7. The number of fused-ring (bicyclic) bond motifs is 2. The summed E-state index contributed by atoms with van der Waals surface area (Å²) < 4.78 is 24.1.